The van der Waals surface area contributed by atoms with E-state index < -0.39 is 0 Å². The van der Waals surface area contributed by atoms with E-state index in [0.29, 0.717) is 11.8 Å². The van der Waals surface area contributed by atoms with Gasteiger partial charge in [0.15, 0.2) is 0 Å². The minimum Gasteiger partial charge on any atom is -0.392 e. The van der Waals surface area contributed by atoms with Gasteiger partial charge >= 0.3 is 0 Å². The molecule has 1 aromatic heterocycles. The molecule has 1 radical (unpaired) electrons. The van der Waals surface area contributed by atoms with Gasteiger partial charge in [-0.1, -0.05) is 80.0 Å². The number of fused-ring (bicyclic) bond motifs is 2. The number of nitrogens with zero attached hydrogens (tertiary/aromatic N) is 1. The van der Waals surface area contributed by atoms with Crippen molar-refractivity contribution in [3.05, 3.63) is 65.4 Å². The molecule has 2 aromatic carbocycles. The Morgan fingerprint density at radius 2 is 1.63 bits per heavy atom. The van der Waals surface area contributed by atoms with E-state index in [0.717, 1.165) is 29.7 Å². The van der Waals surface area contributed by atoms with E-state index >= 15 is 0 Å². The zero-order valence-corrected chi connectivity index (χ0v) is 26.8. The summed E-state index contributed by atoms with van der Waals surface area (Å²) < 4.78 is 0. The van der Waals surface area contributed by atoms with Gasteiger partial charge < -0.3 is 15.2 Å². The predicted molar refractivity (Wildman–Crippen MR) is 155 cm³/mol. The maximum Gasteiger partial charge on any atom is 0.0646 e. The molecule has 0 spiro atoms. The molecule has 4 heteroatoms. The van der Waals surface area contributed by atoms with Crippen LogP contribution in [0.2, 0.25) is 0 Å². The van der Waals surface area contributed by atoms with E-state index in [9.17, 15) is 10.2 Å². The SMILES string of the molecule is CC1(C)CCCC2CC(C)(C)C(O)C2C1O.Cc1[c-]c(-c2nccc3cc(C(C)C)ccc23)cc(C)c1.[Ir]. The van der Waals surface area contributed by atoms with Gasteiger partial charge in [-0.25, -0.2) is 0 Å². The summed E-state index contributed by atoms with van der Waals surface area (Å²) in [7, 11) is 0. The minimum atomic E-state index is -0.350. The number of rotatable bonds is 2. The number of hydrogen-bond acceptors (Lipinski definition) is 3. The average Bonchev–Trinajstić information content (AvgIpc) is 2.98. The molecule has 4 unspecified atom stereocenters. The molecule has 0 amide bonds. The molecule has 4 atom stereocenters. The van der Waals surface area contributed by atoms with E-state index in [4.69, 9.17) is 0 Å². The Bertz CT molecular complexity index is 1230. The van der Waals surface area contributed by atoms with Crippen LogP contribution in [0.15, 0.2) is 42.6 Å². The predicted octanol–water partition coefficient (Wildman–Crippen LogP) is 8.02. The van der Waals surface area contributed by atoms with Gasteiger partial charge in [-0.15, -0.1) is 34.9 Å². The fraction of sp³-hybridized carbons (Fsp3) is 0.559. The number of aliphatic hydroxyl groups excluding tert-OH is 2. The fourth-order valence-corrected chi connectivity index (χ4v) is 6.72. The molecule has 5 rings (SSSR count). The Hall–Kier alpha value is -1.58. The van der Waals surface area contributed by atoms with Gasteiger partial charge in [-0.05, 0) is 70.0 Å². The summed E-state index contributed by atoms with van der Waals surface area (Å²) in [6.45, 7) is 17.2. The zero-order chi connectivity index (χ0) is 27.1. The second-order valence-corrected chi connectivity index (χ2v) is 13.3. The van der Waals surface area contributed by atoms with Gasteiger partial charge in [0.05, 0.1) is 12.2 Å². The second kappa shape index (κ2) is 11.9. The summed E-state index contributed by atoms with van der Waals surface area (Å²) in [5.41, 5.74) is 5.81. The normalized spacial score (nSPS) is 25.7. The number of aryl methyl sites for hydroxylation is 2. The Morgan fingerprint density at radius 1 is 0.947 bits per heavy atom. The van der Waals surface area contributed by atoms with Crippen LogP contribution < -0.4 is 0 Å². The van der Waals surface area contributed by atoms with Crippen LogP contribution in [-0.2, 0) is 20.1 Å². The van der Waals surface area contributed by atoms with Crippen LogP contribution in [-0.4, -0.2) is 27.4 Å². The number of pyridine rings is 1. The van der Waals surface area contributed by atoms with Gasteiger partial charge in [0.1, 0.15) is 0 Å². The average molecular weight is 693 g/mol. The first kappa shape index (κ1) is 31.0. The molecule has 2 N–H and O–H groups in total. The maximum atomic E-state index is 10.5. The first-order valence-electron chi connectivity index (χ1n) is 14.1. The standard InChI is InChI=1S/C20H20N.C14H26O2.Ir/c1-13(2)16-5-6-19-17(12-16)7-8-21-20(19)18-10-14(3)9-15(4)11-18;1-13(2)7-5-6-9-8-14(3,4)12(16)10(9)11(13)15;/h5-10,12-13H,1-4H3;9-12,15-16H,5-8H2,1-4H3;/q-1;;. The van der Waals surface area contributed by atoms with Gasteiger partial charge in [-0.3, -0.25) is 0 Å². The van der Waals surface area contributed by atoms with Crippen molar-refractivity contribution in [2.75, 3.05) is 0 Å². The van der Waals surface area contributed by atoms with Crippen molar-refractivity contribution in [3.63, 3.8) is 0 Å². The fourth-order valence-electron chi connectivity index (χ4n) is 6.72. The monoisotopic (exact) mass is 693 g/mol. The molecule has 2 fully saturated rings. The first-order chi connectivity index (χ1) is 17.3. The van der Waals surface area contributed by atoms with Crippen LogP contribution in [0.4, 0.5) is 0 Å². The molecule has 0 bridgehead atoms. The molecule has 38 heavy (non-hydrogen) atoms. The molecular formula is C34H46IrNO2-. The van der Waals surface area contributed by atoms with E-state index in [1.807, 2.05) is 6.20 Å². The summed E-state index contributed by atoms with van der Waals surface area (Å²) in [5.74, 6) is 1.15. The summed E-state index contributed by atoms with van der Waals surface area (Å²) >= 11 is 0. The van der Waals surface area contributed by atoms with Crippen LogP contribution in [0.25, 0.3) is 22.0 Å². The molecular weight excluding hydrogens is 647 g/mol. The third-order valence-corrected chi connectivity index (χ3v) is 8.92. The molecule has 1 heterocycles. The molecule has 209 valence electrons. The van der Waals surface area contributed by atoms with Gasteiger partial charge in [0, 0.05) is 32.2 Å². The number of aliphatic hydroxyl groups is 2. The molecule has 0 aliphatic heterocycles. The largest absolute Gasteiger partial charge is 0.392 e. The number of benzene rings is 2. The first-order valence-corrected chi connectivity index (χ1v) is 14.1. The van der Waals surface area contributed by atoms with E-state index in [2.05, 4.69) is 103 Å². The van der Waals surface area contributed by atoms with Crippen molar-refractivity contribution in [2.45, 2.75) is 99.2 Å². The van der Waals surface area contributed by atoms with Crippen LogP contribution in [0, 0.1) is 42.6 Å². The Balaban J connectivity index is 0.000000213. The topological polar surface area (TPSA) is 53.4 Å². The Morgan fingerprint density at radius 3 is 2.29 bits per heavy atom. The third-order valence-electron chi connectivity index (χ3n) is 8.92. The van der Waals surface area contributed by atoms with Gasteiger partial charge in [-0.2, -0.15) is 0 Å². The minimum absolute atomic E-state index is 0. The molecule has 0 saturated heterocycles. The van der Waals surface area contributed by atoms with Crippen molar-refractivity contribution < 1.29 is 30.3 Å². The molecule has 2 aliphatic carbocycles. The number of aromatic nitrogens is 1. The van der Waals surface area contributed by atoms with Gasteiger partial charge in [0.2, 0.25) is 0 Å². The molecule has 2 aliphatic rings. The van der Waals surface area contributed by atoms with Crippen LogP contribution in [0.5, 0.6) is 0 Å². The summed E-state index contributed by atoms with van der Waals surface area (Å²) in [4.78, 5) is 4.60. The van der Waals surface area contributed by atoms with Crippen LogP contribution >= 0.6 is 0 Å². The van der Waals surface area contributed by atoms with Crippen molar-refractivity contribution in [3.8, 4) is 11.3 Å². The Kier molecular flexibility index (Phi) is 9.68. The number of hydrogen-bond donors (Lipinski definition) is 2. The molecule has 3 nitrogen and oxygen atoms in total. The summed E-state index contributed by atoms with van der Waals surface area (Å²) in [5, 5.41) is 23.4. The molecule has 2 saturated carbocycles. The van der Waals surface area contributed by atoms with E-state index in [-0.39, 0.29) is 49.1 Å². The molecule has 3 aromatic rings. The van der Waals surface area contributed by atoms with Crippen molar-refractivity contribution in [1.82, 2.24) is 4.98 Å². The summed E-state index contributed by atoms with van der Waals surface area (Å²) in [6.07, 6.45) is 5.70. The zero-order valence-electron chi connectivity index (χ0n) is 24.4. The van der Waals surface area contributed by atoms with Crippen LogP contribution in [0.1, 0.15) is 89.8 Å². The summed E-state index contributed by atoms with van der Waals surface area (Å²) in [6, 6.07) is 16.5. The van der Waals surface area contributed by atoms with Crippen molar-refractivity contribution >= 4 is 10.8 Å². The Labute approximate surface area is 243 Å². The van der Waals surface area contributed by atoms with Crippen molar-refractivity contribution in [1.29, 1.82) is 0 Å². The van der Waals surface area contributed by atoms with Gasteiger partial charge in [0.25, 0.3) is 0 Å². The maximum absolute atomic E-state index is 10.5. The third kappa shape index (κ3) is 6.41. The van der Waals surface area contributed by atoms with E-state index in [1.165, 1.54) is 34.7 Å². The van der Waals surface area contributed by atoms with E-state index in [1.54, 1.807) is 0 Å². The van der Waals surface area contributed by atoms with Crippen molar-refractivity contribution in [2.24, 2.45) is 22.7 Å². The van der Waals surface area contributed by atoms with Crippen LogP contribution in [0.3, 0.4) is 0 Å². The smallest absolute Gasteiger partial charge is 0.0646 e. The second-order valence-electron chi connectivity index (χ2n) is 13.3. The quantitative estimate of drug-likeness (QED) is 0.268.